The molecule has 0 spiro atoms. The highest BCUT2D eigenvalue weighted by Gasteiger charge is 2.63. The fourth-order valence-corrected chi connectivity index (χ4v) is 9.26. The van der Waals surface area contributed by atoms with E-state index in [0.29, 0.717) is 17.8 Å². The van der Waals surface area contributed by atoms with Gasteiger partial charge in [-0.25, -0.2) is 0 Å². The molecule has 6 rings (SSSR count). The van der Waals surface area contributed by atoms with Gasteiger partial charge in [0.25, 0.3) is 0 Å². The van der Waals surface area contributed by atoms with Crippen molar-refractivity contribution in [2.45, 2.75) is 82.7 Å². The second kappa shape index (κ2) is 4.77. The third-order valence-corrected chi connectivity index (χ3v) is 10.00. The van der Waals surface area contributed by atoms with E-state index in [1.165, 1.54) is 77.0 Å². The standard InChI is InChI=1S/C22H34O/c23-22(19-10-13-1-4-16(19)7-13,20-11-14-2-5-17(20)8-14)21-12-15-3-6-18(21)9-15/h13-21,23H,1-12H2/t13-,14-,15-,16-,17-,18-,19-,20-,21-/m0/s1. The van der Waals surface area contributed by atoms with Gasteiger partial charge < -0.3 is 5.11 Å². The molecule has 0 unspecified atom stereocenters. The molecule has 0 radical (unpaired) electrons. The Hall–Kier alpha value is -0.0400. The number of fused-ring (bicyclic) bond motifs is 6. The van der Waals surface area contributed by atoms with Gasteiger partial charge in [-0.1, -0.05) is 19.3 Å². The highest BCUT2D eigenvalue weighted by Crippen LogP contribution is 2.66. The van der Waals surface area contributed by atoms with Crippen LogP contribution in [0.3, 0.4) is 0 Å². The maximum absolute atomic E-state index is 12.5. The lowest BCUT2D eigenvalue weighted by atomic mass is 9.57. The van der Waals surface area contributed by atoms with Gasteiger partial charge in [0.2, 0.25) is 0 Å². The van der Waals surface area contributed by atoms with Crippen LogP contribution in [0.1, 0.15) is 77.0 Å². The fraction of sp³-hybridized carbons (Fsp3) is 1.00. The smallest absolute Gasteiger partial charge is 0.0740 e. The first-order chi connectivity index (χ1) is 11.2. The molecular formula is C22H34O. The van der Waals surface area contributed by atoms with Crippen LogP contribution in [0.2, 0.25) is 0 Å². The van der Waals surface area contributed by atoms with Gasteiger partial charge in [-0.3, -0.25) is 0 Å². The summed E-state index contributed by atoms with van der Waals surface area (Å²) in [5.74, 6) is 7.69. The van der Waals surface area contributed by atoms with Gasteiger partial charge in [0.1, 0.15) is 0 Å². The number of hydrogen-bond donors (Lipinski definition) is 1. The number of aliphatic hydroxyl groups is 1. The zero-order valence-electron chi connectivity index (χ0n) is 14.6. The zero-order valence-corrected chi connectivity index (χ0v) is 14.6. The van der Waals surface area contributed by atoms with Crippen molar-refractivity contribution in [2.24, 2.45) is 53.3 Å². The van der Waals surface area contributed by atoms with Crippen molar-refractivity contribution in [2.75, 3.05) is 0 Å². The van der Waals surface area contributed by atoms with Crippen LogP contribution in [0, 0.1) is 53.3 Å². The third-order valence-electron chi connectivity index (χ3n) is 10.00. The monoisotopic (exact) mass is 314 g/mol. The summed E-state index contributed by atoms with van der Waals surface area (Å²) in [5, 5.41) is 12.5. The van der Waals surface area contributed by atoms with Gasteiger partial charge in [0, 0.05) is 0 Å². The predicted octanol–water partition coefficient (Wildman–Crippen LogP) is 5.03. The van der Waals surface area contributed by atoms with Crippen molar-refractivity contribution in [3.63, 3.8) is 0 Å². The van der Waals surface area contributed by atoms with E-state index in [0.717, 1.165) is 35.5 Å². The summed E-state index contributed by atoms with van der Waals surface area (Å²) in [5.41, 5.74) is -0.250. The molecule has 0 aliphatic heterocycles. The maximum atomic E-state index is 12.5. The van der Waals surface area contributed by atoms with E-state index in [9.17, 15) is 5.11 Å². The molecule has 0 aromatic carbocycles. The van der Waals surface area contributed by atoms with E-state index >= 15 is 0 Å². The van der Waals surface area contributed by atoms with E-state index in [4.69, 9.17) is 0 Å². The van der Waals surface area contributed by atoms with Gasteiger partial charge in [-0.2, -0.15) is 0 Å². The summed E-state index contributed by atoms with van der Waals surface area (Å²) in [6, 6.07) is 0. The van der Waals surface area contributed by atoms with E-state index in [1.54, 1.807) is 0 Å². The lowest BCUT2D eigenvalue weighted by molar-refractivity contribution is -0.156. The van der Waals surface area contributed by atoms with Crippen LogP contribution in [-0.2, 0) is 0 Å². The molecule has 0 heterocycles. The lowest BCUT2D eigenvalue weighted by Gasteiger charge is -2.52. The van der Waals surface area contributed by atoms with Crippen LogP contribution < -0.4 is 0 Å². The molecule has 1 heteroatoms. The van der Waals surface area contributed by atoms with Gasteiger partial charge in [-0.05, 0) is 111 Å². The molecule has 128 valence electrons. The molecule has 1 nitrogen and oxygen atoms in total. The average molecular weight is 315 g/mol. The van der Waals surface area contributed by atoms with E-state index in [2.05, 4.69) is 0 Å². The van der Waals surface area contributed by atoms with Gasteiger partial charge >= 0.3 is 0 Å². The van der Waals surface area contributed by atoms with Crippen molar-refractivity contribution in [3.05, 3.63) is 0 Å². The lowest BCUT2D eigenvalue weighted by Crippen LogP contribution is -2.55. The minimum Gasteiger partial charge on any atom is -0.389 e. The Kier molecular flexibility index (Phi) is 2.94. The third kappa shape index (κ3) is 1.84. The van der Waals surface area contributed by atoms with Crippen LogP contribution in [0.4, 0.5) is 0 Å². The van der Waals surface area contributed by atoms with Crippen LogP contribution in [0.5, 0.6) is 0 Å². The molecule has 9 atom stereocenters. The van der Waals surface area contributed by atoms with Gasteiger partial charge in [0.05, 0.1) is 5.60 Å². The summed E-state index contributed by atoms with van der Waals surface area (Å²) >= 11 is 0. The molecular weight excluding hydrogens is 280 g/mol. The van der Waals surface area contributed by atoms with E-state index < -0.39 is 0 Å². The topological polar surface area (TPSA) is 20.2 Å². The van der Waals surface area contributed by atoms with Crippen LogP contribution in [0.15, 0.2) is 0 Å². The largest absolute Gasteiger partial charge is 0.389 e. The first-order valence-electron chi connectivity index (χ1n) is 10.9. The van der Waals surface area contributed by atoms with Crippen molar-refractivity contribution in [3.8, 4) is 0 Å². The summed E-state index contributed by atoms with van der Waals surface area (Å²) < 4.78 is 0. The normalized spacial score (nSPS) is 57.0. The fourth-order valence-electron chi connectivity index (χ4n) is 9.26. The first kappa shape index (κ1) is 14.2. The Morgan fingerprint density at radius 1 is 0.478 bits per heavy atom. The highest BCUT2D eigenvalue weighted by atomic mass is 16.3. The van der Waals surface area contributed by atoms with E-state index in [-0.39, 0.29) is 5.60 Å². The van der Waals surface area contributed by atoms with Crippen LogP contribution in [-0.4, -0.2) is 10.7 Å². The average Bonchev–Trinajstić information content (AvgIpc) is 3.40. The molecule has 0 amide bonds. The molecule has 6 saturated carbocycles. The SMILES string of the molecule is OC([C@H]1C[C@H]2CC[C@H]1C2)([C@H]1C[C@H]2CC[C@H]1C2)[C@H]1C[C@H]2CC[C@H]1C2. The molecule has 6 bridgehead atoms. The molecule has 6 fully saturated rings. The summed E-state index contributed by atoms with van der Waals surface area (Å²) in [6.07, 6.45) is 17.3. The molecule has 6 aliphatic rings. The second-order valence-corrected chi connectivity index (χ2v) is 10.7. The van der Waals surface area contributed by atoms with Gasteiger partial charge in [-0.15, -0.1) is 0 Å². The Morgan fingerprint density at radius 3 is 1.04 bits per heavy atom. The molecule has 0 aromatic rings. The number of hydrogen-bond acceptors (Lipinski definition) is 1. The summed E-state index contributed by atoms with van der Waals surface area (Å²) in [7, 11) is 0. The summed E-state index contributed by atoms with van der Waals surface area (Å²) in [4.78, 5) is 0. The molecule has 1 N–H and O–H groups in total. The first-order valence-corrected chi connectivity index (χ1v) is 10.9. The minimum absolute atomic E-state index is 0.250. The van der Waals surface area contributed by atoms with Crippen molar-refractivity contribution in [1.82, 2.24) is 0 Å². The number of rotatable bonds is 3. The van der Waals surface area contributed by atoms with Crippen LogP contribution in [0.25, 0.3) is 0 Å². The summed E-state index contributed by atoms with van der Waals surface area (Å²) in [6.45, 7) is 0. The Morgan fingerprint density at radius 2 is 0.826 bits per heavy atom. The minimum atomic E-state index is -0.250. The van der Waals surface area contributed by atoms with Gasteiger partial charge in [0.15, 0.2) is 0 Å². The molecule has 23 heavy (non-hydrogen) atoms. The zero-order chi connectivity index (χ0) is 15.2. The predicted molar refractivity (Wildman–Crippen MR) is 91.8 cm³/mol. The second-order valence-electron chi connectivity index (χ2n) is 10.7. The highest BCUT2D eigenvalue weighted by molar-refractivity contribution is 5.13. The Bertz CT molecular complexity index is 429. The molecule has 6 aliphatic carbocycles. The van der Waals surface area contributed by atoms with Crippen molar-refractivity contribution >= 4 is 0 Å². The van der Waals surface area contributed by atoms with E-state index in [1.807, 2.05) is 0 Å². The van der Waals surface area contributed by atoms with Crippen molar-refractivity contribution < 1.29 is 5.11 Å². The molecule has 0 saturated heterocycles. The Balaban J connectivity index is 1.38. The Labute approximate surface area is 141 Å². The van der Waals surface area contributed by atoms with Crippen LogP contribution >= 0.6 is 0 Å². The maximum Gasteiger partial charge on any atom is 0.0740 e. The molecule has 0 aromatic heterocycles. The van der Waals surface area contributed by atoms with Crippen molar-refractivity contribution in [1.29, 1.82) is 0 Å². The quantitative estimate of drug-likeness (QED) is 0.775.